The SMILES string of the molecule is COC(=O)c1cccc2[nH]c(-c3ccc(F)cc3)c(C=O)c12. The molecule has 0 aliphatic carbocycles. The highest BCUT2D eigenvalue weighted by molar-refractivity contribution is 6.13. The Bertz CT molecular complexity index is 865. The van der Waals surface area contributed by atoms with Crippen molar-refractivity contribution in [2.24, 2.45) is 0 Å². The number of rotatable bonds is 3. The van der Waals surface area contributed by atoms with Gasteiger partial charge in [-0.15, -0.1) is 0 Å². The van der Waals surface area contributed by atoms with Gasteiger partial charge in [-0.1, -0.05) is 6.07 Å². The van der Waals surface area contributed by atoms with Crippen molar-refractivity contribution in [3.8, 4) is 11.3 Å². The number of H-pyrrole nitrogens is 1. The number of fused-ring (bicyclic) bond motifs is 1. The molecule has 3 aromatic rings. The third-order valence-electron chi connectivity index (χ3n) is 3.52. The summed E-state index contributed by atoms with van der Waals surface area (Å²) in [5.41, 5.74) is 2.51. The fourth-order valence-corrected chi connectivity index (χ4v) is 2.52. The van der Waals surface area contributed by atoms with Crippen molar-refractivity contribution < 1.29 is 18.7 Å². The Labute approximate surface area is 125 Å². The van der Waals surface area contributed by atoms with Crippen molar-refractivity contribution in [3.05, 3.63) is 59.4 Å². The number of carbonyl (C=O) groups excluding carboxylic acids is 2. The fraction of sp³-hybridized carbons (Fsp3) is 0.0588. The topological polar surface area (TPSA) is 59.2 Å². The molecule has 2 aromatic carbocycles. The van der Waals surface area contributed by atoms with E-state index in [-0.39, 0.29) is 5.82 Å². The molecular weight excluding hydrogens is 285 g/mol. The molecule has 0 aliphatic rings. The van der Waals surface area contributed by atoms with Crippen LogP contribution in [0.2, 0.25) is 0 Å². The number of aromatic nitrogens is 1. The van der Waals surface area contributed by atoms with Gasteiger partial charge in [0.25, 0.3) is 0 Å². The highest BCUT2D eigenvalue weighted by Gasteiger charge is 2.19. The van der Waals surface area contributed by atoms with Crippen LogP contribution in [0.15, 0.2) is 42.5 Å². The molecule has 0 aliphatic heterocycles. The second-order valence-corrected chi connectivity index (χ2v) is 4.76. The maximum absolute atomic E-state index is 13.1. The number of halogens is 1. The zero-order valence-corrected chi connectivity index (χ0v) is 11.7. The molecule has 4 nitrogen and oxygen atoms in total. The molecule has 0 amide bonds. The Hall–Kier alpha value is -2.95. The number of carbonyl (C=O) groups is 2. The van der Waals surface area contributed by atoms with Gasteiger partial charge in [0, 0.05) is 16.5 Å². The van der Waals surface area contributed by atoms with E-state index in [1.54, 1.807) is 30.3 Å². The zero-order chi connectivity index (χ0) is 15.7. The molecule has 0 spiro atoms. The van der Waals surface area contributed by atoms with E-state index in [1.165, 1.54) is 19.2 Å². The maximum Gasteiger partial charge on any atom is 0.338 e. The van der Waals surface area contributed by atoms with E-state index < -0.39 is 5.97 Å². The molecule has 0 atom stereocenters. The number of hydrogen-bond acceptors (Lipinski definition) is 3. The van der Waals surface area contributed by atoms with Crippen molar-refractivity contribution in [3.63, 3.8) is 0 Å². The minimum Gasteiger partial charge on any atom is -0.465 e. The first-order chi connectivity index (χ1) is 10.7. The molecule has 3 rings (SSSR count). The van der Waals surface area contributed by atoms with Gasteiger partial charge in [0.2, 0.25) is 0 Å². The Balaban J connectivity index is 2.31. The van der Waals surface area contributed by atoms with Gasteiger partial charge in [0.15, 0.2) is 6.29 Å². The predicted molar refractivity (Wildman–Crippen MR) is 80.4 cm³/mol. The molecule has 0 saturated heterocycles. The van der Waals surface area contributed by atoms with Gasteiger partial charge in [0.1, 0.15) is 5.82 Å². The van der Waals surface area contributed by atoms with Crippen molar-refractivity contribution in [1.82, 2.24) is 4.98 Å². The standard InChI is InChI=1S/C17H12FNO3/c1-22-17(21)12-3-2-4-14-15(12)13(9-20)16(19-14)10-5-7-11(18)8-6-10/h2-9,19H,1H3. The van der Waals surface area contributed by atoms with Crippen LogP contribution in [0, 0.1) is 5.82 Å². The first-order valence-electron chi connectivity index (χ1n) is 6.60. The summed E-state index contributed by atoms with van der Waals surface area (Å²) in [7, 11) is 1.29. The Morgan fingerprint density at radius 3 is 2.55 bits per heavy atom. The number of aromatic amines is 1. The quantitative estimate of drug-likeness (QED) is 0.594. The van der Waals surface area contributed by atoms with E-state index in [1.807, 2.05) is 0 Å². The van der Waals surface area contributed by atoms with E-state index >= 15 is 0 Å². The smallest absolute Gasteiger partial charge is 0.338 e. The lowest BCUT2D eigenvalue weighted by Crippen LogP contribution is -2.02. The van der Waals surface area contributed by atoms with Gasteiger partial charge in [0.05, 0.1) is 18.4 Å². The number of methoxy groups -OCH3 is 1. The van der Waals surface area contributed by atoms with Crippen LogP contribution in [0.4, 0.5) is 4.39 Å². The normalized spacial score (nSPS) is 10.6. The molecule has 1 N–H and O–H groups in total. The van der Waals surface area contributed by atoms with Gasteiger partial charge in [-0.05, 0) is 42.0 Å². The summed E-state index contributed by atoms with van der Waals surface area (Å²) in [5.74, 6) is -0.874. The Morgan fingerprint density at radius 2 is 1.91 bits per heavy atom. The number of aldehydes is 1. The van der Waals surface area contributed by atoms with Crippen molar-refractivity contribution >= 4 is 23.2 Å². The predicted octanol–water partition coefficient (Wildman–Crippen LogP) is 3.57. The minimum absolute atomic E-state index is 0.312. The van der Waals surface area contributed by atoms with E-state index in [0.29, 0.717) is 39.6 Å². The largest absolute Gasteiger partial charge is 0.465 e. The number of esters is 1. The summed E-state index contributed by atoms with van der Waals surface area (Å²) in [6.07, 6.45) is 0.684. The number of nitrogens with one attached hydrogen (secondary N) is 1. The van der Waals surface area contributed by atoms with Crippen LogP contribution in [0.25, 0.3) is 22.2 Å². The van der Waals surface area contributed by atoms with Crippen molar-refractivity contribution in [2.45, 2.75) is 0 Å². The molecule has 1 aromatic heterocycles. The van der Waals surface area contributed by atoms with Crippen molar-refractivity contribution in [2.75, 3.05) is 7.11 Å². The maximum atomic E-state index is 13.1. The lowest BCUT2D eigenvalue weighted by molar-refractivity contribution is 0.0603. The zero-order valence-electron chi connectivity index (χ0n) is 11.7. The molecular formula is C17H12FNO3. The Morgan fingerprint density at radius 1 is 1.18 bits per heavy atom. The summed E-state index contributed by atoms with van der Waals surface area (Å²) >= 11 is 0. The second-order valence-electron chi connectivity index (χ2n) is 4.76. The summed E-state index contributed by atoms with van der Waals surface area (Å²) in [4.78, 5) is 26.6. The molecule has 0 radical (unpaired) electrons. The molecule has 0 unspecified atom stereocenters. The van der Waals surface area contributed by atoms with Gasteiger partial charge >= 0.3 is 5.97 Å². The highest BCUT2D eigenvalue weighted by Crippen LogP contribution is 2.31. The van der Waals surface area contributed by atoms with Crippen LogP contribution in [0.1, 0.15) is 20.7 Å². The monoisotopic (exact) mass is 297 g/mol. The van der Waals surface area contributed by atoms with Crippen LogP contribution in [-0.2, 0) is 4.74 Å². The molecule has 1 heterocycles. The highest BCUT2D eigenvalue weighted by atomic mass is 19.1. The molecule has 0 fully saturated rings. The third-order valence-corrected chi connectivity index (χ3v) is 3.52. The van der Waals surface area contributed by atoms with Crippen LogP contribution in [0.3, 0.4) is 0 Å². The van der Waals surface area contributed by atoms with Crippen LogP contribution in [0.5, 0.6) is 0 Å². The number of hydrogen-bond donors (Lipinski definition) is 1. The van der Waals surface area contributed by atoms with E-state index in [2.05, 4.69) is 4.98 Å². The average molecular weight is 297 g/mol. The van der Waals surface area contributed by atoms with Crippen LogP contribution < -0.4 is 0 Å². The van der Waals surface area contributed by atoms with Gasteiger partial charge in [-0.2, -0.15) is 0 Å². The lowest BCUT2D eigenvalue weighted by Gasteiger charge is -2.02. The van der Waals surface area contributed by atoms with Crippen molar-refractivity contribution in [1.29, 1.82) is 0 Å². The Kier molecular flexibility index (Phi) is 3.47. The molecule has 0 bridgehead atoms. The first-order valence-corrected chi connectivity index (χ1v) is 6.60. The molecule has 5 heteroatoms. The summed E-state index contributed by atoms with van der Waals surface area (Å²) in [6, 6.07) is 10.8. The summed E-state index contributed by atoms with van der Waals surface area (Å²) in [5, 5.41) is 0.503. The molecule has 0 saturated carbocycles. The fourth-order valence-electron chi connectivity index (χ4n) is 2.52. The minimum atomic E-state index is -0.515. The molecule has 22 heavy (non-hydrogen) atoms. The average Bonchev–Trinajstić information content (AvgIpc) is 2.93. The van der Waals surface area contributed by atoms with Gasteiger partial charge < -0.3 is 9.72 Å². The second kappa shape index (κ2) is 5.44. The summed E-state index contributed by atoms with van der Waals surface area (Å²) in [6.45, 7) is 0. The first kappa shape index (κ1) is 14.0. The van der Waals surface area contributed by atoms with Crippen LogP contribution >= 0.6 is 0 Å². The van der Waals surface area contributed by atoms with Gasteiger partial charge in [-0.25, -0.2) is 9.18 Å². The van der Waals surface area contributed by atoms with Gasteiger partial charge in [-0.3, -0.25) is 4.79 Å². The van der Waals surface area contributed by atoms with Crippen LogP contribution in [-0.4, -0.2) is 24.3 Å². The number of ether oxygens (including phenoxy) is 1. The van der Waals surface area contributed by atoms with E-state index in [4.69, 9.17) is 4.74 Å². The molecule has 110 valence electrons. The summed E-state index contributed by atoms with van der Waals surface area (Å²) < 4.78 is 17.8. The number of benzene rings is 2. The van der Waals surface area contributed by atoms with E-state index in [0.717, 1.165) is 0 Å². The lowest BCUT2D eigenvalue weighted by atomic mass is 10.0. The third kappa shape index (κ3) is 2.16. The van der Waals surface area contributed by atoms with E-state index in [9.17, 15) is 14.0 Å².